The van der Waals surface area contributed by atoms with Gasteiger partial charge in [0, 0.05) is 5.02 Å². The zero-order valence-corrected chi connectivity index (χ0v) is 12.4. The maximum absolute atomic E-state index is 12.5. The lowest BCUT2D eigenvalue weighted by atomic mass is 10.1. The van der Waals surface area contributed by atoms with Gasteiger partial charge in [-0.25, -0.2) is 0 Å². The van der Waals surface area contributed by atoms with Crippen LogP contribution in [0, 0.1) is 0 Å². The molecule has 1 fully saturated rings. The minimum Gasteiger partial charge on any atom is -0.472 e. The standard InChI is InChI=1S/C16H16ClNO3/c1-11-9-21-15(12-3-2-4-14(17)7-12)8-18(11)16(19)13-5-6-20-10-13/h2-7,10-11,15H,8-9H2,1H3/t11-,15+/m1/s1. The van der Waals surface area contributed by atoms with E-state index in [1.54, 1.807) is 6.07 Å². The summed E-state index contributed by atoms with van der Waals surface area (Å²) in [5.74, 6) is -0.0356. The quantitative estimate of drug-likeness (QED) is 0.852. The van der Waals surface area contributed by atoms with Crippen molar-refractivity contribution in [3.8, 4) is 0 Å². The fourth-order valence-corrected chi connectivity index (χ4v) is 2.70. The molecule has 2 atom stereocenters. The number of furan rings is 1. The third kappa shape index (κ3) is 2.96. The summed E-state index contributed by atoms with van der Waals surface area (Å²) in [5.41, 5.74) is 1.55. The Balaban J connectivity index is 1.80. The number of hydrogen-bond acceptors (Lipinski definition) is 3. The van der Waals surface area contributed by atoms with Crippen LogP contribution in [0.25, 0.3) is 0 Å². The lowest BCUT2D eigenvalue weighted by Gasteiger charge is -2.38. The summed E-state index contributed by atoms with van der Waals surface area (Å²) in [6.45, 7) is 2.98. The SMILES string of the molecule is C[C@@H]1CO[C@H](c2cccc(Cl)c2)CN1C(=O)c1ccoc1. The van der Waals surface area contributed by atoms with Gasteiger partial charge in [0.05, 0.1) is 31.0 Å². The van der Waals surface area contributed by atoms with Crippen molar-refractivity contribution in [2.45, 2.75) is 19.1 Å². The molecule has 1 aromatic carbocycles. The molecule has 0 saturated carbocycles. The normalized spacial score (nSPS) is 22.3. The Labute approximate surface area is 128 Å². The molecule has 2 heterocycles. The van der Waals surface area contributed by atoms with Gasteiger partial charge >= 0.3 is 0 Å². The van der Waals surface area contributed by atoms with E-state index in [4.69, 9.17) is 20.8 Å². The zero-order valence-electron chi connectivity index (χ0n) is 11.7. The Morgan fingerprint density at radius 2 is 2.24 bits per heavy atom. The number of rotatable bonds is 2. The Morgan fingerprint density at radius 3 is 2.95 bits per heavy atom. The molecule has 0 aliphatic carbocycles. The smallest absolute Gasteiger partial charge is 0.257 e. The molecule has 3 rings (SSSR count). The molecule has 110 valence electrons. The lowest BCUT2D eigenvalue weighted by molar-refractivity contribution is -0.0486. The van der Waals surface area contributed by atoms with Crippen LogP contribution in [-0.2, 0) is 4.74 Å². The molecule has 21 heavy (non-hydrogen) atoms. The molecule has 4 nitrogen and oxygen atoms in total. The molecule has 0 N–H and O–H groups in total. The molecule has 1 aromatic heterocycles. The van der Waals surface area contributed by atoms with Crippen LogP contribution in [0.2, 0.25) is 5.02 Å². The van der Waals surface area contributed by atoms with E-state index in [9.17, 15) is 4.79 Å². The van der Waals surface area contributed by atoms with Gasteiger partial charge in [0.15, 0.2) is 0 Å². The predicted octanol–water partition coefficient (Wildman–Crippen LogP) is 3.54. The number of halogens is 1. The first-order valence-corrected chi connectivity index (χ1v) is 7.23. The summed E-state index contributed by atoms with van der Waals surface area (Å²) in [6, 6.07) is 9.27. The van der Waals surface area contributed by atoms with E-state index in [0.717, 1.165) is 5.56 Å². The van der Waals surface area contributed by atoms with Crippen molar-refractivity contribution in [3.05, 3.63) is 59.0 Å². The van der Waals surface area contributed by atoms with E-state index in [2.05, 4.69) is 0 Å². The van der Waals surface area contributed by atoms with Crippen molar-refractivity contribution in [1.29, 1.82) is 0 Å². The van der Waals surface area contributed by atoms with Gasteiger partial charge < -0.3 is 14.1 Å². The highest BCUT2D eigenvalue weighted by Crippen LogP contribution is 2.27. The number of carbonyl (C=O) groups is 1. The highest BCUT2D eigenvalue weighted by Gasteiger charge is 2.31. The first kappa shape index (κ1) is 14.2. The maximum Gasteiger partial charge on any atom is 0.257 e. The van der Waals surface area contributed by atoms with Crippen LogP contribution in [0.1, 0.15) is 28.9 Å². The number of nitrogens with zero attached hydrogens (tertiary/aromatic N) is 1. The molecule has 1 aliphatic heterocycles. The van der Waals surface area contributed by atoms with E-state index >= 15 is 0 Å². The molecule has 5 heteroatoms. The number of amides is 1. The summed E-state index contributed by atoms with van der Waals surface area (Å²) in [6.07, 6.45) is 2.82. The van der Waals surface area contributed by atoms with E-state index in [1.165, 1.54) is 12.5 Å². The van der Waals surface area contributed by atoms with Crippen LogP contribution >= 0.6 is 11.6 Å². The third-order valence-corrected chi connectivity index (χ3v) is 3.92. The van der Waals surface area contributed by atoms with E-state index < -0.39 is 0 Å². The largest absolute Gasteiger partial charge is 0.472 e. The van der Waals surface area contributed by atoms with Gasteiger partial charge in [-0.3, -0.25) is 4.79 Å². The van der Waals surface area contributed by atoms with Crippen LogP contribution in [0.3, 0.4) is 0 Å². The summed E-state index contributed by atoms with van der Waals surface area (Å²) < 4.78 is 10.8. The molecule has 0 unspecified atom stereocenters. The van der Waals surface area contributed by atoms with Crippen molar-refractivity contribution in [1.82, 2.24) is 4.90 Å². The molecule has 2 aromatic rings. The second kappa shape index (κ2) is 5.92. The van der Waals surface area contributed by atoms with Gasteiger partial charge in [0.25, 0.3) is 5.91 Å². The van der Waals surface area contributed by atoms with Crippen molar-refractivity contribution in [2.24, 2.45) is 0 Å². The highest BCUT2D eigenvalue weighted by atomic mass is 35.5. The second-order valence-corrected chi connectivity index (χ2v) is 5.63. The molecule has 1 amide bonds. The van der Waals surface area contributed by atoms with Crippen molar-refractivity contribution >= 4 is 17.5 Å². The molecule has 0 bridgehead atoms. The first-order chi connectivity index (χ1) is 10.1. The van der Waals surface area contributed by atoms with Crippen LogP contribution in [0.4, 0.5) is 0 Å². The first-order valence-electron chi connectivity index (χ1n) is 6.85. The molecule has 0 radical (unpaired) electrons. The molecule has 1 saturated heterocycles. The van der Waals surface area contributed by atoms with Crippen molar-refractivity contribution < 1.29 is 13.9 Å². The molecule has 0 spiro atoms. The number of hydrogen-bond donors (Lipinski definition) is 0. The Morgan fingerprint density at radius 1 is 1.38 bits per heavy atom. The second-order valence-electron chi connectivity index (χ2n) is 5.20. The highest BCUT2D eigenvalue weighted by molar-refractivity contribution is 6.30. The predicted molar refractivity (Wildman–Crippen MR) is 79.4 cm³/mol. The Bertz CT molecular complexity index is 626. The number of ether oxygens (including phenoxy) is 1. The summed E-state index contributed by atoms with van der Waals surface area (Å²) in [4.78, 5) is 14.3. The average molecular weight is 306 g/mol. The maximum atomic E-state index is 12.5. The Kier molecular flexibility index (Phi) is 3.99. The summed E-state index contributed by atoms with van der Waals surface area (Å²) in [7, 11) is 0. The van der Waals surface area contributed by atoms with Crippen molar-refractivity contribution in [3.63, 3.8) is 0 Å². The monoisotopic (exact) mass is 305 g/mol. The minimum atomic E-state index is -0.157. The van der Waals surface area contributed by atoms with Crippen LogP contribution in [0.5, 0.6) is 0 Å². The van der Waals surface area contributed by atoms with Crippen LogP contribution in [0.15, 0.2) is 47.3 Å². The van der Waals surface area contributed by atoms with Gasteiger partial charge in [0.2, 0.25) is 0 Å². The molecule has 1 aliphatic rings. The third-order valence-electron chi connectivity index (χ3n) is 3.68. The molecular formula is C16H16ClNO3. The van der Waals surface area contributed by atoms with Gasteiger partial charge in [0.1, 0.15) is 12.4 Å². The van der Waals surface area contributed by atoms with Crippen LogP contribution < -0.4 is 0 Å². The number of carbonyl (C=O) groups excluding carboxylic acids is 1. The number of benzene rings is 1. The van der Waals surface area contributed by atoms with Crippen LogP contribution in [-0.4, -0.2) is 30.0 Å². The van der Waals surface area contributed by atoms with Gasteiger partial charge in [-0.1, -0.05) is 23.7 Å². The molecular weight excluding hydrogens is 290 g/mol. The minimum absolute atomic E-state index is 0.0304. The number of morpholine rings is 1. The average Bonchev–Trinajstić information content (AvgIpc) is 3.01. The topological polar surface area (TPSA) is 42.7 Å². The summed E-state index contributed by atoms with van der Waals surface area (Å²) >= 11 is 6.02. The Hall–Kier alpha value is -1.78. The van der Waals surface area contributed by atoms with E-state index in [0.29, 0.717) is 23.7 Å². The lowest BCUT2D eigenvalue weighted by Crippen LogP contribution is -2.48. The zero-order chi connectivity index (χ0) is 14.8. The van der Waals surface area contributed by atoms with Gasteiger partial charge in [-0.2, -0.15) is 0 Å². The van der Waals surface area contributed by atoms with E-state index in [1.807, 2.05) is 36.1 Å². The summed E-state index contributed by atoms with van der Waals surface area (Å²) in [5, 5.41) is 0.669. The van der Waals surface area contributed by atoms with Gasteiger partial charge in [-0.15, -0.1) is 0 Å². The van der Waals surface area contributed by atoms with Crippen molar-refractivity contribution in [2.75, 3.05) is 13.2 Å². The fourth-order valence-electron chi connectivity index (χ4n) is 2.50. The fraction of sp³-hybridized carbons (Fsp3) is 0.312. The van der Waals surface area contributed by atoms with E-state index in [-0.39, 0.29) is 18.1 Å². The van der Waals surface area contributed by atoms with Gasteiger partial charge in [-0.05, 0) is 30.7 Å².